The summed E-state index contributed by atoms with van der Waals surface area (Å²) in [5.74, 6) is 0.874. The van der Waals surface area contributed by atoms with Gasteiger partial charge in [-0.25, -0.2) is 0 Å². The first kappa shape index (κ1) is 41.9. The molecular weight excluding hydrogens is 811 g/mol. The first-order valence-electron chi connectivity index (χ1n) is 23.7. The predicted octanol–water partition coefficient (Wildman–Crippen LogP) is 17.2. The van der Waals surface area contributed by atoms with Crippen molar-refractivity contribution in [2.24, 2.45) is 0 Å². The summed E-state index contributed by atoms with van der Waals surface area (Å²) in [7, 11) is 4.59. The molecule has 0 fully saturated rings. The highest BCUT2D eigenvalue weighted by atomic mass is 16.5. The third kappa shape index (κ3) is 8.49. The van der Waals surface area contributed by atoms with E-state index in [0.717, 1.165) is 52.0 Å². The molecule has 11 aromatic rings. The molecular formula is C65H54NO+. The van der Waals surface area contributed by atoms with Crippen LogP contribution >= 0.6 is 0 Å². The summed E-state index contributed by atoms with van der Waals surface area (Å²) < 4.78 is 7.81. The number of ether oxygens (including phenoxy) is 1. The lowest BCUT2D eigenvalue weighted by molar-refractivity contribution is -0.888. The van der Waals surface area contributed by atoms with Crippen molar-refractivity contribution in [1.82, 2.24) is 0 Å². The van der Waals surface area contributed by atoms with E-state index in [1.165, 1.54) is 87.6 Å². The van der Waals surface area contributed by atoms with Gasteiger partial charge < -0.3 is 9.22 Å². The normalized spacial score (nSPS) is 11.7. The second kappa shape index (κ2) is 17.9. The van der Waals surface area contributed by atoms with Crippen molar-refractivity contribution in [1.29, 1.82) is 0 Å². The van der Waals surface area contributed by atoms with Crippen molar-refractivity contribution in [3.8, 4) is 72.5 Å². The molecule has 0 heterocycles. The van der Waals surface area contributed by atoms with E-state index in [0.29, 0.717) is 6.61 Å². The molecule has 11 aromatic carbocycles. The number of hydrogen-bond donors (Lipinski definition) is 0. The molecule has 0 atom stereocenters. The molecule has 2 heteroatoms. The zero-order valence-corrected chi connectivity index (χ0v) is 38.5. The molecule has 0 amide bonds. The monoisotopic (exact) mass is 864 g/mol. The summed E-state index contributed by atoms with van der Waals surface area (Å²) in [6, 6.07) is 82.8. The van der Waals surface area contributed by atoms with Crippen LogP contribution in [0.5, 0.6) is 5.75 Å². The molecule has 0 unspecified atom stereocenters. The Labute approximate surface area is 394 Å². The first-order chi connectivity index (χ1) is 32.9. The van der Waals surface area contributed by atoms with E-state index >= 15 is 0 Å². The molecule has 0 bridgehead atoms. The molecule has 2 nitrogen and oxygen atoms in total. The molecule has 67 heavy (non-hydrogen) atoms. The van der Waals surface area contributed by atoms with Crippen molar-refractivity contribution in [3.63, 3.8) is 0 Å². The van der Waals surface area contributed by atoms with E-state index in [9.17, 15) is 0 Å². The summed E-state index contributed by atoms with van der Waals surface area (Å²) in [5.41, 5.74) is 14.1. The van der Waals surface area contributed by atoms with Gasteiger partial charge in [-0.3, -0.25) is 0 Å². The lowest BCUT2D eigenvalue weighted by atomic mass is 9.88. The Balaban J connectivity index is 1.14. The highest BCUT2D eigenvalue weighted by molar-refractivity contribution is 6.03. The molecule has 324 valence electrons. The third-order valence-corrected chi connectivity index (χ3v) is 13.9. The standard InChI is InChI=1S/C65H54NO/c1-4-66(2,3)34-17-35-67-57-43-51(49-37-53(62-30-13-22-45-18-5-9-26-58(45)62)41-54(38-49)63-31-14-23-46-19-6-10-27-59(46)63)36-52(44-57)50-39-55(64-32-15-24-47-20-7-11-28-60(47)64)42-56(40-50)65-33-16-25-48-21-8-12-29-61(48)65/h5-16,18-33,36-44H,4,17,34-35H2,1-3H3/q+1. The van der Waals surface area contributed by atoms with Gasteiger partial charge >= 0.3 is 0 Å². The summed E-state index contributed by atoms with van der Waals surface area (Å²) in [6.45, 7) is 5.03. The van der Waals surface area contributed by atoms with Crippen LogP contribution in [-0.2, 0) is 0 Å². The average molecular weight is 865 g/mol. The molecule has 0 saturated carbocycles. The van der Waals surface area contributed by atoms with Crippen LogP contribution in [0.1, 0.15) is 13.3 Å². The molecule has 0 saturated heterocycles. The average Bonchev–Trinajstić information content (AvgIpc) is 3.39. The lowest BCUT2D eigenvalue weighted by Crippen LogP contribution is -2.40. The van der Waals surface area contributed by atoms with Crippen molar-refractivity contribution in [2.75, 3.05) is 33.8 Å². The molecule has 0 aliphatic rings. The third-order valence-electron chi connectivity index (χ3n) is 13.9. The van der Waals surface area contributed by atoms with Crippen LogP contribution < -0.4 is 4.74 Å². The minimum absolute atomic E-state index is 0.638. The highest BCUT2D eigenvalue weighted by Crippen LogP contribution is 2.43. The smallest absolute Gasteiger partial charge is 0.120 e. The van der Waals surface area contributed by atoms with Crippen molar-refractivity contribution in [2.45, 2.75) is 13.3 Å². The zero-order valence-electron chi connectivity index (χ0n) is 38.5. The number of fused-ring (bicyclic) bond motifs is 4. The minimum atomic E-state index is 0.638. The van der Waals surface area contributed by atoms with Gasteiger partial charge in [0.15, 0.2) is 0 Å². The van der Waals surface area contributed by atoms with Crippen molar-refractivity contribution >= 4 is 43.1 Å². The lowest BCUT2D eigenvalue weighted by Gasteiger charge is -2.28. The van der Waals surface area contributed by atoms with Gasteiger partial charge in [-0.1, -0.05) is 170 Å². The molecule has 0 radical (unpaired) electrons. The predicted molar refractivity (Wildman–Crippen MR) is 287 cm³/mol. The summed E-state index contributed by atoms with van der Waals surface area (Å²) in [5, 5.41) is 9.87. The zero-order chi connectivity index (χ0) is 45.3. The van der Waals surface area contributed by atoms with Crippen LogP contribution in [0.15, 0.2) is 224 Å². The van der Waals surface area contributed by atoms with Gasteiger partial charge in [0.2, 0.25) is 0 Å². The minimum Gasteiger partial charge on any atom is -0.493 e. The van der Waals surface area contributed by atoms with Gasteiger partial charge in [0.1, 0.15) is 5.75 Å². The molecule has 0 spiro atoms. The summed E-state index contributed by atoms with van der Waals surface area (Å²) in [4.78, 5) is 0. The topological polar surface area (TPSA) is 9.23 Å². The Hall–Kier alpha value is -7.78. The fraction of sp³-hybridized carbons (Fsp3) is 0.108. The van der Waals surface area contributed by atoms with Crippen molar-refractivity contribution in [3.05, 3.63) is 224 Å². The number of benzene rings is 11. The number of quaternary nitrogens is 1. The number of rotatable bonds is 12. The molecule has 0 aromatic heterocycles. The molecule has 0 aliphatic heterocycles. The van der Waals surface area contributed by atoms with Crippen LogP contribution in [0.25, 0.3) is 110 Å². The van der Waals surface area contributed by atoms with Gasteiger partial charge in [-0.15, -0.1) is 0 Å². The van der Waals surface area contributed by atoms with E-state index < -0.39 is 0 Å². The van der Waals surface area contributed by atoms with Gasteiger partial charge in [0.25, 0.3) is 0 Å². The maximum Gasteiger partial charge on any atom is 0.120 e. The van der Waals surface area contributed by atoms with Crippen LogP contribution in [0, 0.1) is 0 Å². The number of nitrogens with zero attached hydrogens (tertiary/aromatic N) is 1. The Morgan fingerprint density at radius 2 is 0.612 bits per heavy atom. The highest BCUT2D eigenvalue weighted by Gasteiger charge is 2.17. The first-order valence-corrected chi connectivity index (χ1v) is 23.7. The van der Waals surface area contributed by atoms with Crippen molar-refractivity contribution < 1.29 is 9.22 Å². The van der Waals surface area contributed by atoms with E-state index in [-0.39, 0.29) is 0 Å². The maximum absolute atomic E-state index is 6.85. The Kier molecular flexibility index (Phi) is 11.2. The fourth-order valence-corrected chi connectivity index (χ4v) is 9.98. The maximum atomic E-state index is 6.85. The Morgan fingerprint density at radius 1 is 0.328 bits per heavy atom. The second-order valence-electron chi connectivity index (χ2n) is 18.6. The number of hydrogen-bond acceptors (Lipinski definition) is 1. The van der Waals surface area contributed by atoms with Gasteiger partial charge in [0, 0.05) is 6.42 Å². The van der Waals surface area contributed by atoms with E-state index in [4.69, 9.17) is 4.74 Å². The SMILES string of the molecule is CC[N+](C)(C)CCCOc1cc(-c2cc(-c3cccc4ccccc34)cc(-c3cccc4ccccc34)c2)cc(-c2cc(-c3cccc4ccccc34)cc(-c3cccc4ccccc34)c2)c1. The molecule has 0 N–H and O–H groups in total. The summed E-state index contributed by atoms with van der Waals surface area (Å²) >= 11 is 0. The van der Waals surface area contributed by atoms with Gasteiger partial charge in [-0.2, -0.15) is 0 Å². The quantitative estimate of drug-likeness (QED) is 0.0878. The fourth-order valence-electron chi connectivity index (χ4n) is 9.98. The van der Waals surface area contributed by atoms with Crippen LogP contribution in [-0.4, -0.2) is 38.3 Å². The van der Waals surface area contributed by atoms with E-state index in [2.05, 4.69) is 245 Å². The molecule has 0 aliphatic carbocycles. The van der Waals surface area contributed by atoms with E-state index in [1.807, 2.05) is 0 Å². The van der Waals surface area contributed by atoms with Crippen LogP contribution in [0.2, 0.25) is 0 Å². The second-order valence-corrected chi connectivity index (χ2v) is 18.6. The Morgan fingerprint density at radius 3 is 0.955 bits per heavy atom. The van der Waals surface area contributed by atoms with Crippen LogP contribution in [0.4, 0.5) is 0 Å². The summed E-state index contributed by atoms with van der Waals surface area (Å²) in [6.07, 6.45) is 0.962. The largest absolute Gasteiger partial charge is 0.493 e. The van der Waals surface area contributed by atoms with Gasteiger partial charge in [0.05, 0.1) is 33.8 Å². The van der Waals surface area contributed by atoms with Crippen LogP contribution in [0.3, 0.4) is 0 Å². The Bertz CT molecular complexity index is 3180. The van der Waals surface area contributed by atoms with E-state index in [1.54, 1.807) is 0 Å². The molecule has 11 rings (SSSR count). The van der Waals surface area contributed by atoms with Gasteiger partial charge in [-0.05, 0) is 171 Å².